The van der Waals surface area contributed by atoms with Crippen LogP contribution in [0.2, 0.25) is 0 Å². The number of aliphatic hydroxyl groups excluding tert-OH is 3. The monoisotopic (exact) mass is 259 g/mol. The van der Waals surface area contributed by atoms with Crippen molar-refractivity contribution >= 4 is 16.7 Å². The molecule has 0 saturated heterocycles. The first-order valence-corrected chi connectivity index (χ1v) is 5.43. The second-order valence-corrected chi connectivity index (χ2v) is 3.99. The summed E-state index contributed by atoms with van der Waals surface area (Å²) in [5, 5.41) is 27.0. The van der Waals surface area contributed by atoms with Crippen LogP contribution in [0.1, 0.15) is 0 Å². The summed E-state index contributed by atoms with van der Waals surface area (Å²) in [6.45, 7) is -0.956. The molecule has 0 bridgehead atoms. The van der Waals surface area contributed by atoms with Gasteiger partial charge in [0, 0.05) is 0 Å². The number of aldehydes is 1. The fourth-order valence-electron chi connectivity index (χ4n) is 0.892. The van der Waals surface area contributed by atoms with E-state index in [0.29, 0.717) is 0 Å². The quantitative estimate of drug-likeness (QED) is 0.229. The molecule has 0 rings (SSSR count). The summed E-state index contributed by atoms with van der Waals surface area (Å²) in [5.41, 5.74) is 5.06. The Labute approximate surface area is 91.4 Å². The van der Waals surface area contributed by atoms with Gasteiger partial charge in [0.1, 0.15) is 24.6 Å². The molecule has 0 heterocycles. The first-order valence-electron chi connectivity index (χ1n) is 4.06. The summed E-state index contributed by atoms with van der Waals surface area (Å²) in [5.74, 6) is 0. The summed E-state index contributed by atoms with van der Waals surface area (Å²) in [7, 11) is -4.97. The lowest BCUT2D eigenvalue weighted by atomic mass is 10.0. The van der Waals surface area contributed by atoms with E-state index in [1.165, 1.54) is 0 Å². The van der Waals surface area contributed by atoms with Crippen LogP contribution in [0.15, 0.2) is 0 Å². The van der Waals surface area contributed by atoms with Gasteiger partial charge < -0.3 is 25.8 Å². The maximum Gasteiger partial charge on any atom is 0.397 e. The van der Waals surface area contributed by atoms with Gasteiger partial charge in [-0.3, -0.25) is 4.55 Å². The minimum absolute atomic E-state index is 0.0924. The van der Waals surface area contributed by atoms with E-state index in [0.717, 1.165) is 0 Å². The Morgan fingerprint density at radius 1 is 1.38 bits per heavy atom. The lowest BCUT2D eigenvalue weighted by Crippen LogP contribution is -2.51. The molecule has 0 aliphatic carbocycles. The molecule has 0 amide bonds. The van der Waals surface area contributed by atoms with Gasteiger partial charge in [-0.05, 0) is 0 Å². The van der Waals surface area contributed by atoms with Crippen LogP contribution in [0, 0.1) is 0 Å². The average Bonchev–Trinajstić information content (AvgIpc) is 2.21. The predicted molar refractivity (Wildman–Crippen MR) is 49.6 cm³/mol. The molecule has 6 N–H and O–H groups in total. The smallest absolute Gasteiger partial charge is 0.394 e. The van der Waals surface area contributed by atoms with Gasteiger partial charge in [0.15, 0.2) is 0 Å². The molecule has 0 unspecified atom stereocenters. The summed E-state index contributed by atoms with van der Waals surface area (Å²) in [4.78, 5) is 10.2. The Balaban J connectivity index is 4.86. The predicted octanol–water partition coefficient (Wildman–Crippen LogP) is -3.59. The van der Waals surface area contributed by atoms with Gasteiger partial charge in [-0.15, -0.1) is 0 Å². The van der Waals surface area contributed by atoms with Crippen molar-refractivity contribution in [1.82, 2.24) is 0 Å². The van der Waals surface area contributed by atoms with E-state index < -0.39 is 41.4 Å². The maximum atomic E-state index is 10.4. The lowest BCUT2D eigenvalue weighted by molar-refractivity contribution is -0.116. The molecule has 0 spiro atoms. The molecule has 4 atom stereocenters. The first-order chi connectivity index (χ1) is 7.22. The topological polar surface area (TPSA) is 167 Å². The second kappa shape index (κ2) is 6.20. The van der Waals surface area contributed by atoms with Crippen LogP contribution in [-0.2, 0) is 19.4 Å². The Kier molecular flexibility index (Phi) is 5.96. The lowest BCUT2D eigenvalue weighted by Gasteiger charge is -2.26. The third-order valence-electron chi connectivity index (χ3n) is 1.69. The fourth-order valence-corrected chi connectivity index (χ4v) is 1.42. The highest BCUT2D eigenvalue weighted by Crippen LogP contribution is 2.10. The van der Waals surface area contributed by atoms with Crippen LogP contribution in [0.25, 0.3) is 0 Å². The number of carbonyl (C=O) groups excluding carboxylic acids is 1. The standard InChI is InChI=1S/C6H13NO8S/c7-3(1-8)5(11)6(4(10)2-9)15-16(12,13)14/h1,3-6,9-11H,2,7H2,(H,12,13,14)/t3-,4-,5-,6+/m1/s1. The number of rotatable bonds is 7. The third-order valence-corrected chi connectivity index (χ3v) is 2.15. The van der Waals surface area contributed by atoms with Gasteiger partial charge in [0.05, 0.1) is 12.6 Å². The van der Waals surface area contributed by atoms with E-state index in [4.69, 9.17) is 20.5 Å². The van der Waals surface area contributed by atoms with Crippen molar-refractivity contribution in [3.8, 4) is 0 Å². The van der Waals surface area contributed by atoms with Gasteiger partial charge in [0.2, 0.25) is 0 Å². The van der Waals surface area contributed by atoms with Gasteiger partial charge in [0.25, 0.3) is 0 Å². The zero-order chi connectivity index (χ0) is 12.9. The number of carbonyl (C=O) groups is 1. The SMILES string of the molecule is N[C@H](C=O)[C@@H](O)[C@@H](OS(=O)(=O)O)[C@H](O)CO. The summed E-state index contributed by atoms with van der Waals surface area (Å²) in [6, 6.07) is -1.53. The van der Waals surface area contributed by atoms with Crippen LogP contribution in [0.4, 0.5) is 0 Å². The number of hydrogen-bond acceptors (Lipinski definition) is 8. The van der Waals surface area contributed by atoms with E-state index in [9.17, 15) is 18.3 Å². The second-order valence-electron chi connectivity index (χ2n) is 2.94. The molecule has 10 heteroatoms. The molecule has 0 aromatic heterocycles. The zero-order valence-corrected chi connectivity index (χ0v) is 8.82. The Bertz CT molecular complexity index is 316. The molecule has 0 radical (unpaired) electrons. The zero-order valence-electron chi connectivity index (χ0n) is 8.00. The van der Waals surface area contributed by atoms with Gasteiger partial charge in [-0.25, -0.2) is 4.18 Å². The molecule has 0 aliphatic rings. The molecule has 0 aromatic carbocycles. The van der Waals surface area contributed by atoms with Crippen molar-refractivity contribution in [2.24, 2.45) is 5.73 Å². The van der Waals surface area contributed by atoms with Crippen molar-refractivity contribution in [3.63, 3.8) is 0 Å². The van der Waals surface area contributed by atoms with Crippen molar-refractivity contribution in [2.45, 2.75) is 24.4 Å². The molecular formula is C6H13NO8S. The molecule has 0 fully saturated rings. The Morgan fingerprint density at radius 3 is 2.19 bits per heavy atom. The van der Waals surface area contributed by atoms with Crippen molar-refractivity contribution in [3.05, 3.63) is 0 Å². The average molecular weight is 259 g/mol. The van der Waals surface area contributed by atoms with E-state index in [2.05, 4.69) is 4.18 Å². The van der Waals surface area contributed by atoms with E-state index >= 15 is 0 Å². The largest absolute Gasteiger partial charge is 0.397 e. The molecular weight excluding hydrogens is 246 g/mol. The first kappa shape index (κ1) is 15.4. The van der Waals surface area contributed by atoms with Crippen molar-refractivity contribution in [2.75, 3.05) is 6.61 Å². The minimum atomic E-state index is -4.97. The normalized spacial score (nSPS) is 19.8. The summed E-state index contributed by atoms with van der Waals surface area (Å²) < 4.78 is 33.0. The summed E-state index contributed by atoms with van der Waals surface area (Å²) in [6.07, 6.45) is -5.58. The molecule has 0 aliphatic heterocycles. The van der Waals surface area contributed by atoms with Crippen molar-refractivity contribution in [1.29, 1.82) is 0 Å². The summed E-state index contributed by atoms with van der Waals surface area (Å²) >= 11 is 0. The van der Waals surface area contributed by atoms with E-state index in [1.54, 1.807) is 0 Å². The highest BCUT2D eigenvalue weighted by atomic mass is 32.3. The highest BCUT2D eigenvalue weighted by Gasteiger charge is 2.35. The van der Waals surface area contributed by atoms with Gasteiger partial charge >= 0.3 is 10.4 Å². The van der Waals surface area contributed by atoms with Crippen LogP contribution < -0.4 is 5.73 Å². The van der Waals surface area contributed by atoms with Crippen LogP contribution in [0.3, 0.4) is 0 Å². The third kappa shape index (κ3) is 4.94. The van der Waals surface area contributed by atoms with Gasteiger partial charge in [-0.2, -0.15) is 8.42 Å². The maximum absolute atomic E-state index is 10.4. The molecule has 96 valence electrons. The molecule has 16 heavy (non-hydrogen) atoms. The Hall–Kier alpha value is -0.620. The molecule has 0 aromatic rings. The number of aliphatic hydroxyl groups is 3. The van der Waals surface area contributed by atoms with Crippen LogP contribution in [0.5, 0.6) is 0 Å². The highest BCUT2D eigenvalue weighted by molar-refractivity contribution is 7.80. The number of nitrogens with two attached hydrogens (primary N) is 1. The molecule has 9 nitrogen and oxygen atoms in total. The van der Waals surface area contributed by atoms with E-state index in [-0.39, 0.29) is 6.29 Å². The number of hydrogen-bond donors (Lipinski definition) is 5. The van der Waals surface area contributed by atoms with Crippen LogP contribution in [-0.4, -0.2) is 65.5 Å². The van der Waals surface area contributed by atoms with E-state index in [1.807, 2.05) is 0 Å². The van der Waals surface area contributed by atoms with Gasteiger partial charge in [-0.1, -0.05) is 0 Å². The minimum Gasteiger partial charge on any atom is -0.394 e. The molecule has 0 saturated carbocycles. The van der Waals surface area contributed by atoms with Crippen molar-refractivity contribution < 1.29 is 37.3 Å². The Morgan fingerprint density at radius 2 is 1.88 bits per heavy atom. The fraction of sp³-hybridized carbons (Fsp3) is 0.833. The van der Waals surface area contributed by atoms with Crippen LogP contribution >= 0.6 is 0 Å².